The van der Waals surface area contributed by atoms with Gasteiger partial charge in [-0.15, -0.1) is 0 Å². The van der Waals surface area contributed by atoms with E-state index in [-0.39, 0.29) is 17.0 Å². The van der Waals surface area contributed by atoms with E-state index < -0.39 is 26.6 Å². The first-order chi connectivity index (χ1) is 11.9. The zero-order valence-corrected chi connectivity index (χ0v) is 20.4. The molecule has 0 N–H and O–H groups in total. The van der Waals surface area contributed by atoms with E-state index in [1.165, 1.54) is 12.8 Å². The summed E-state index contributed by atoms with van der Waals surface area (Å²) in [5.41, 5.74) is 0. The molecule has 0 aromatic heterocycles. The van der Waals surface area contributed by atoms with Crippen LogP contribution in [-0.4, -0.2) is 5.98 Å². The second-order valence-electron chi connectivity index (χ2n) is 6.32. The monoisotopic (exact) mass is 572 g/mol. The third kappa shape index (κ3) is 4.21. The van der Waals surface area contributed by atoms with Crippen LogP contribution in [-0.2, 0) is 20.6 Å². The largest absolute Gasteiger partial charge is 1.00 e. The van der Waals surface area contributed by atoms with Gasteiger partial charge in [0.15, 0.2) is 0 Å². The quantitative estimate of drug-likeness (QED) is 0.467. The second-order valence-corrected chi connectivity index (χ2v) is 27.1. The van der Waals surface area contributed by atoms with Gasteiger partial charge >= 0.3 is 154 Å². The third-order valence-corrected chi connectivity index (χ3v) is 34.6. The van der Waals surface area contributed by atoms with Crippen molar-refractivity contribution in [3.8, 4) is 0 Å². The molecule has 3 heteroatoms. The summed E-state index contributed by atoms with van der Waals surface area (Å²) >= 11 is -2.10. The Labute approximate surface area is 169 Å². The smallest absolute Gasteiger partial charge is 1.00 e. The first-order valence-electron chi connectivity index (χ1n) is 8.62. The van der Waals surface area contributed by atoms with Crippen molar-refractivity contribution in [1.29, 1.82) is 0 Å². The van der Waals surface area contributed by atoms with E-state index in [9.17, 15) is 0 Å². The molecule has 0 unspecified atom stereocenters. The summed E-state index contributed by atoms with van der Waals surface area (Å²) in [7, 11) is 0. The molecule has 0 saturated heterocycles. The van der Waals surface area contributed by atoms with E-state index in [0.29, 0.717) is 0 Å². The first kappa shape index (κ1) is 18.7. The maximum Gasteiger partial charge on any atom is -1.00 e. The molecule has 124 valence electrons. The van der Waals surface area contributed by atoms with Gasteiger partial charge in [0.1, 0.15) is 0 Å². The van der Waals surface area contributed by atoms with Crippen molar-refractivity contribution >= 4 is 16.4 Å². The van der Waals surface area contributed by atoms with Crippen LogP contribution >= 0.6 is 0 Å². The van der Waals surface area contributed by atoms with Crippen molar-refractivity contribution in [1.82, 2.24) is 0 Å². The summed E-state index contributed by atoms with van der Waals surface area (Å²) < 4.78 is 3.61. The minimum Gasteiger partial charge on any atom is -1.00 e. The van der Waals surface area contributed by atoms with Crippen LogP contribution in [0.2, 0.25) is 0 Å². The average molecular weight is 572 g/mol. The predicted octanol–water partition coefficient (Wildman–Crippen LogP) is 0.834. The Kier molecular flexibility index (Phi) is 6.80. The molecule has 0 atom stereocenters. The summed E-state index contributed by atoms with van der Waals surface area (Å²) in [6, 6.07) is 22.8. The molecule has 0 spiro atoms. The number of allylic oxidation sites excluding steroid dienone is 8. The van der Waals surface area contributed by atoms with Gasteiger partial charge in [-0.25, -0.2) is 0 Å². The Bertz CT molecular complexity index is 752. The molecule has 2 aliphatic carbocycles. The van der Waals surface area contributed by atoms with Crippen molar-refractivity contribution in [3.05, 3.63) is 104 Å². The number of hydrogen-bond donors (Lipinski definition) is 0. The molecule has 0 fully saturated rings. The third-order valence-electron chi connectivity index (χ3n) is 4.79. The van der Waals surface area contributed by atoms with Crippen LogP contribution in [0.15, 0.2) is 104 Å². The molecule has 0 nitrogen and oxygen atoms in total. The van der Waals surface area contributed by atoms with E-state index in [1.807, 2.05) is 0 Å². The topological polar surface area (TPSA) is 0 Å². The Balaban J connectivity index is 0.00000182. The van der Waals surface area contributed by atoms with Crippen LogP contribution < -0.4 is 27.4 Å². The molecule has 25 heavy (non-hydrogen) atoms. The van der Waals surface area contributed by atoms with E-state index in [0.717, 1.165) is 0 Å². The van der Waals surface area contributed by atoms with Crippen molar-refractivity contribution in [2.45, 2.75) is 12.8 Å². The molecule has 0 saturated carbocycles. The zero-order chi connectivity index (χ0) is 16.2. The molecule has 0 heterocycles. The minimum absolute atomic E-state index is 0. The van der Waals surface area contributed by atoms with Gasteiger partial charge in [-0.2, -0.15) is 0 Å². The fourth-order valence-electron chi connectivity index (χ4n) is 3.69. The molecule has 0 bridgehead atoms. The Hall–Kier alpha value is -1.03. The van der Waals surface area contributed by atoms with E-state index in [4.69, 9.17) is 0 Å². The van der Waals surface area contributed by atoms with Crippen molar-refractivity contribution in [2.75, 3.05) is 0 Å². The van der Waals surface area contributed by atoms with Crippen LogP contribution in [0, 0.1) is 0 Å². The Morgan fingerprint density at radius 3 is 1.44 bits per heavy atom. The number of rotatable bonds is 5. The van der Waals surface area contributed by atoms with Gasteiger partial charge in [0.2, 0.25) is 0 Å². The number of benzene rings is 2. The van der Waals surface area contributed by atoms with Crippen LogP contribution in [0.4, 0.5) is 0 Å². The van der Waals surface area contributed by atoms with Crippen LogP contribution in [0.25, 0.3) is 0 Å². The fourth-order valence-corrected chi connectivity index (χ4v) is 35.4. The second kappa shape index (κ2) is 9.06. The maximum atomic E-state index is 2.45. The van der Waals surface area contributed by atoms with Gasteiger partial charge in [-0.3, -0.25) is 0 Å². The summed E-state index contributed by atoms with van der Waals surface area (Å²) in [5.74, 6) is -1.18. The average Bonchev–Trinajstić information content (AvgIpc) is 3.35. The molecule has 0 aliphatic heterocycles. The van der Waals surface area contributed by atoms with Crippen molar-refractivity contribution in [3.63, 3.8) is 0 Å². The van der Waals surface area contributed by atoms with Crippen LogP contribution in [0.5, 0.6) is 0 Å². The van der Waals surface area contributed by atoms with Crippen LogP contribution in [0.1, 0.15) is 12.8 Å². The summed E-state index contributed by atoms with van der Waals surface area (Å²) in [6.45, 7) is 0. The van der Waals surface area contributed by atoms with Crippen LogP contribution in [0.3, 0.4) is 0 Å². The Morgan fingerprint density at radius 1 is 0.640 bits per heavy atom. The van der Waals surface area contributed by atoms with Gasteiger partial charge in [0, 0.05) is 0 Å². The van der Waals surface area contributed by atoms with Gasteiger partial charge in [0.05, 0.1) is 0 Å². The van der Waals surface area contributed by atoms with Gasteiger partial charge in [-0.05, 0) is 0 Å². The maximum absolute atomic E-state index is 2.45. The normalized spacial score (nSPS) is 15.1. The zero-order valence-electron chi connectivity index (χ0n) is 14.1. The summed E-state index contributed by atoms with van der Waals surface area (Å²) in [4.78, 5) is 0. The first-order valence-corrected chi connectivity index (χ1v) is 20.2. The molecule has 2 aliphatic rings. The van der Waals surface area contributed by atoms with E-state index in [2.05, 4.69) is 97.1 Å². The fraction of sp³-hybridized carbons (Fsp3) is 0.0909. The Morgan fingerprint density at radius 2 is 1.08 bits per heavy atom. The van der Waals surface area contributed by atoms with Gasteiger partial charge < -0.3 is 17.0 Å². The number of halogens is 1. The van der Waals surface area contributed by atoms with Gasteiger partial charge in [-0.1, -0.05) is 0 Å². The molecule has 2 aromatic carbocycles. The minimum atomic E-state index is -2.10. The molecule has 0 amide bonds. The predicted molar refractivity (Wildman–Crippen MR) is 103 cm³/mol. The van der Waals surface area contributed by atoms with E-state index >= 15 is 0 Å². The number of hydrogen-bond acceptors (Lipinski definition) is 0. The SMILES string of the molecule is C1=CC[C]([Hf+]([C]2=CC=CC2)[SiH](c2ccccc2)c2ccccc2)=C1.[Br-]. The van der Waals surface area contributed by atoms with E-state index in [1.54, 1.807) is 17.0 Å². The van der Waals surface area contributed by atoms with Crippen molar-refractivity contribution < 1.29 is 37.6 Å². The molecule has 2 aromatic rings. The molecular weight excluding hydrogens is 551 g/mol. The summed E-state index contributed by atoms with van der Waals surface area (Å²) in [5, 5.41) is 3.26. The molecule has 4 rings (SSSR count). The summed E-state index contributed by atoms with van der Waals surface area (Å²) in [6.07, 6.45) is 16.6. The molecular formula is C22H21BrHfSi. The van der Waals surface area contributed by atoms with Gasteiger partial charge in [0.25, 0.3) is 0 Å². The standard InChI is InChI=1S/C12H11Si.2C5H5.BrH.Hf/c1-3-7-11(8-4-1)13-12-9-5-2-6-10-12;2*1-2-4-5-3-1;;/h1-10,13H;2*1-3H,4H2;1H;/q;;;;+1/p-1. The van der Waals surface area contributed by atoms with Crippen molar-refractivity contribution in [2.24, 2.45) is 0 Å². The molecule has 0 radical (unpaired) electrons.